The molecule has 0 spiro atoms. The number of fused-ring (bicyclic) bond motifs is 1. The molecule has 0 fully saturated rings. The van der Waals surface area contributed by atoms with E-state index in [-0.39, 0.29) is 33.0 Å². The maximum atomic E-state index is 11.8. The van der Waals surface area contributed by atoms with Crippen molar-refractivity contribution in [3.8, 4) is 5.75 Å². The van der Waals surface area contributed by atoms with Crippen LogP contribution >= 0.6 is 0 Å². The minimum absolute atomic E-state index is 0.0810. The van der Waals surface area contributed by atoms with Gasteiger partial charge in [-0.3, -0.25) is 4.55 Å². The van der Waals surface area contributed by atoms with E-state index in [0.29, 0.717) is 5.69 Å². The van der Waals surface area contributed by atoms with Gasteiger partial charge in [0.2, 0.25) is 0 Å². The fourth-order valence-electron chi connectivity index (χ4n) is 3.46. The van der Waals surface area contributed by atoms with Crippen LogP contribution in [0.2, 0.25) is 0 Å². The molecular weight excluding hydrogens is 404 g/mol. The molecule has 0 aliphatic rings. The molecule has 0 saturated carbocycles. The van der Waals surface area contributed by atoms with Gasteiger partial charge in [-0.2, -0.15) is 13.5 Å². The Bertz CT molecular complexity index is 1170. The monoisotopic (exact) mass is 428 g/mol. The molecule has 3 N–H and O–H groups in total. The van der Waals surface area contributed by atoms with Crippen LogP contribution in [-0.4, -0.2) is 23.2 Å². The molecule has 0 aliphatic heterocycles. The fourth-order valence-corrected chi connectivity index (χ4v) is 4.18. The van der Waals surface area contributed by atoms with Crippen molar-refractivity contribution in [2.24, 2.45) is 16.1 Å². The maximum Gasteiger partial charge on any atom is 0.295 e. The third-order valence-corrected chi connectivity index (χ3v) is 6.13. The van der Waals surface area contributed by atoms with Crippen molar-refractivity contribution >= 4 is 32.3 Å². The van der Waals surface area contributed by atoms with Gasteiger partial charge in [0.25, 0.3) is 10.1 Å². The minimum Gasteiger partial charge on any atom is -0.505 e. The molecule has 3 aromatic carbocycles. The second-order valence-corrected chi connectivity index (χ2v) is 8.47. The minimum atomic E-state index is -4.52. The molecule has 0 bridgehead atoms. The summed E-state index contributed by atoms with van der Waals surface area (Å²) in [7, 11) is -4.52. The zero-order valence-corrected chi connectivity index (χ0v) is 17.5. The molecule has 3 rings (SSSR count). The molecule has 158 valence electrons. The van der Waals surface area contributed by atoms with Crippen molar-refractivity contribution < 1.29 is 23.2 Å². The number of benzene rings is 3. The van der Waals surface area contributed by atoms with Crippen LogP contribution in [0.1, 0.15) is 38.4 Å². The Morgan fingerprint density at radius 1 is 0.933 bits per heavy atom. The van der Waals surface area contributed by atoms with Crippen LogP contribution in [0.4, 0.5) is 11.4 Å². The van der Waals surface area contributed by atoms with E-state index >= 15 is 0 Å². The molecule has 7 nitrogen and oxygen atoms in total. The first-order valence-corrected chi connectivity index (χ1v) is 11.1. The molecule has 0 amide bonds. The molecule has 30 heavy (non-hydrogen) atoms. The largest absolute Gasteiger partial charge is 0.505 e. The third-order valence-electron chi connectivity index (χ3n) is 5.24. The Kier molecular flexibility index (Phi) is 6.50. The van der Waals surface area contributed by atoms with E-state index in [9.17, 15) is 23.2 Å². The molecule has 0 heterocycles. The number of azo groups is 1. The highest BCUT2D eigenvalue weighted by atomic mass is 32.2. The van der Waals surface area contributed by atoms with Gasteiger partial charge in [-0.25, -0.2) is 0 Å². The smallest absolute Gasteiger partial charge is 0.295 e. The number of phenolic OH excluding ortho intramolecular Hbond substituents is 1. The summed E-state index contributed by atoms with van der Waals surface area (Å²) in [4.78, 5) is -0.353. The number of aromatic hydroxyl groups is 1. The van der Waals surface area contributed by atoms with Gasteiger partial charge < -0.3 is 10.2 Å². The molecule has 1 unspecified atom stereocenters. The number of aliphatic hydroxyl groups excluding tert-OH is 1. The van der Waals surface area contributed by atoms with E-state index < -0.39 is 16.2 Å². The van der Waals surface area contributed by atoms with E-state index in [0.717, 1.165) is 24.5 Å². The van der Waals surface area contributed by atoms with Crippen LogP contribution in [0, 0.1) is 5.92 Å². The molecule has 8 heteroatoms. The summed E-state index contributed by atoms with van der Waals surface area (Å²) < 4.78 is 33.1. The van der Waals surface area contributed by atoms with Crippen molar-refractivity contribution in [2.75, 3.05) is 0 Å². The Labute approximate surface area is 175 Å². The van der Waals surface area contributed by atoms with E-state index in [4.69, 9.17) is 0 Å². The first kappa shape index (κ1) is 21.9. The quantitative estimate of drug-likeness (QED) is 0.330. The average molecular weight is 429 g/mol. The number of nitrogens with zero attached hydrogens (tertiary/aromatic N) is 2. The topological polar surface area (TPSA) is 120 Å². The van der Waals surface area contributed by atoms with Crippen molar-refractivity contribution in [1.29, 1.82) is 0 Å². The standard InChI is InChI=1S/C22H24N2O5S/c1-3-14(4-2)21(25)15-9-11-16(12-10-15)23-24-19-13-20(30(27,28)29)17-7-5-6-8-18(17)22(19)26/h5-14,21,25-26H,3-4H2,1-2H3,(H,27,28,29)/b24-23+. The van der Waals surface area contributed by atoms with Gasteiger partial charge >= 0.3 is 0 Å². The zero-order chi connectivity index (χ0) is 21.9. The van der Waals surface area contributed by atoms with E-state index in [1.165, 1.54) is 12.1 Å². The van der Waals surface area contributed by atoms with E-state index in [1.807, 2.05) is 13.8 Å². The van der Waals surface area contributed by atoms with Crippen molar-refractivity contribution in [3.05, 3.63) is 60.2 Å². The van der Waals surface area contributed by atoms with Crippen molar-refractivity contribution in [2.45, 2.75) is 37.7 Å². The van der Waals surface area contributed by atoms with E-state index in [2.05, 4.69) is 10.2 Å². The lowest BCUT2D eigenvalue weighted by molar-refractivity contribution is 0.103. The summed E-state index contributed by atoms with van der Waals surface area (Å²) in [5.74, 6) is -0.0617. The average Bonchev–Trinajstić information content (AvgIpc) is 2.73. The normalized spacial score (nSPS) is 13.4. The summed E-state index contributed by atoms with van der Waals surface area (Å²) in [5.41, 5.74) is 1.17. The van der Waals surface area contributed by atoms with Gasteiger partial charge in [0.15, 0.2) is 5.75 Å². The lowest BCUT2D eigenvalue weighted by Crippen LogP contribution is -2.10. The summed E-state index contributed by atoms with van der Waals surface area (Å²) in [6.45, 7) is 4.08. The summed E-state index contributed by atoms with van der Waals surface area (Å²) in [6, 6.07) is 14.3. The SMILES string of the molecule is CCC(CC)C(O)c1ccc(/N=N/c2cc(S(=O)(=O)O)c3ccccc3c2O)cc1. The number of aliphatic hydroxyl groups is 1. The molecular formula is C22H24N2O5S. The third kappa shape index (κ3) is 4.51. The number of phenols is 1. The van der Waals surface area contributed by atoms with Gasteiger partial charge in [-0.05, 0) is 29.7 Å². The molecule has 0 aromatic heterocycles. The van der Waals surface area contributed by atoms with Gasteiger partial charge in [-0.1, -0.05) is 63.1 Å². The Morgan fingerprint density at radius 2 is 1.53 bits per heavy atom. The predicted molar refractivity (Wildman–Crippen MR) is 115 cm³/mol. The van der Waals surface area contributed by atoms with E-state index in [1.54, 1.807) is 36.4 Å². The highest BCUT2D eigenvalue weighted by Crippen LogP contribution is 2.39. The first-order valence-electron chi connectivity index (χ1n) is 9.68. The predicted octanol–water partition coefficient (Wildman–Crippen LogP) is 5.68. The molecule has 0 radical (unpaired) electrons. The van der Waals surface area contributed by atoms with Crippen LogP contribution in [0.25, 0.3) is 10.8 Å². The van der Waals surface area contributed by atoms with Gasteiger partial charge in [0.1, 0.15) is 10.6 Å². The Balaban J connectivity index is 1.96. The molecule has 0 aliphatic carbocycles. The second kappa shape index (κ2) is 8.91. The van der Waals surface area contributed by atoms with Gasteiger partial charge in [0, 0.05) is 10.8 Å². The van der Waals surface area contributed by atoms with Gasteiger partial charge in [0.05, 0.1) is 11.8 Å². The summed E-state index contributed by atoms with van der Waals surface area (Å²) in [5, 5.41) is 29.4. The first-order chi connectivity index (χ1) is 14.3. The highest BCUT2D eigenvalue weighted by Gasteiger charge is 2.20. The van der Waals surface area contributed by atoms with Crippen LogP contribution < -0.4 is 0 Å². The van der Waals surface area contributed by atoms with Crippen LogP contribution in [0.5, 0.6) is 5.75 Å². The summed E-state index contributed by atoms with van der Waals surface area (Å²) >= 11 is 0. The van der Waals surface area contributed by atoms with Crippen LogP contribution in [-0.2, 0) is 10.1 Å². The second-order valence-electron chi connectivity index (χ2n) is 7.08. The van der Waals surface area contributed by atoms with Crippen molar-refractivity contribution in [3.63, 3.8) is 0 Å². The molecule has 0 saturated heterocycles. The number of hydrogen-bond acceptors (Lipinski definition) is 6. The summed E-state index contributed by atoms with van der Waals surface area (Å²) in [6.07, 6.45) is 1.18. The Hall–Kier alpha value is -2.81. The maximum absolute atomic E-state index is 11.8. The lowest BCUT2D eigenvalue weighted by Gasteiger charge is -2.20. The molecule has 1 atom stereocenters. The number of hydrogen-bond donors (Lipinski definition) is 3. The van der Waals surface area contributed by atoms with Crippen LogP contribution in [0.15, 0.2) is 69.7 Å². The zero-order valence-electron chi connectivity index (χ0n) is 16.7. The fraction of sp³-hybridized carbons (Fsp3) is 0.273. The van der Waals surface area contributed by atoms with Gasteiger partial charge in [-0.15, -0.1) is 5.11 Å². The lowest BCUT2D eigenvalue weighted by atomic mass is 9.91. The van der Waals surface area contributed by atoms with Crippen LogP contribution in [0.3, 0.4) is 0 Å². The number of rotatable bonds is 7. The molecule has 3 aromatic rings. The highest BCUT2D eigenvalue weighted by molar-refractivity contribution is 7.86. The van der Waals surface area contributed by atoms with Crippen molar-refractivity contribution in [1.82, 2.24) is 0 Å². The Morgan fingerprint density at radius 3 is 2.10 bits per heavy atom.